The van der Waals surface area contributed by atoms with Crippen LogP contribution < -0.4 is 5.32 Å². The van der Waals surface area contributed by atoms with Crippen LogP contribution in [0.4, 0.5) is 5.69 Å². The Morgan fingerprint density at radius 1 is 1.12 bits per heavy atom. The van der Waals surface area contributed by atoms with E-state index in [-0.39, 0.29) is 5.78 Å². The number of aromatic nitrogens is 2. The summed E-state index contributed by atoms with van der Waals surface area (Å²) in [6.45, 7) is 0. The van der Waals surface area contributed by atoms with Crippen LogP contribution in [0.15, 0.2) is 60.7 Å². The summed E-state index contributed by atoms with van der Waals surface area (Å²) in [4.78, 5) is 12.2. The number of benzene rings is 2. The number of ketones is 1. The maximum atomic E-state index is 12.2. The summed E-state index contributed by atoms with van der Waals surface area (Å²) in [5, 5.41) is 10.9. The van der Waals surface area contributed by atoms with Crippen molar-refractivity contribution in [1.82, 2.24) is 10.2 Å². The summed E-state index contributed by atoms with van der Waals surface area (Å²) in [6, 6.07) is 16.7. The predicted molar refractivity (Wildman–Crippen MR) is 98.4 cm³/mol. The monoisotopic (exact) mass is 337 g/mol. The van der Waals surface area contributed by atoms with Crippen LogP contribution in [-0.2, 0) is 0 Å². The Balaban J connectivity index is 1.72. The number of carbonyl (C=O) groups is 1. The van der Waals surface area contributed by atoms with Gasteiger partial charge in [0.2, 0.25) is 0 Å². The fraction of sp³-hybridized carbons (Fsp3) is 0.0526. The molecule has 0 unspecified atom stereocenters. The van der Waals surface area contributed by atoms with Gasteiger partial charge in [0.05, 0.1) is 11.4 Å². The van der Waals surface area contributed by atoms with Gasteiger partial charge in [-0.1, -0.05) is 23.7 Å². The topological polar surface area (TPSA) is 57.8 Å². The summed E-state index contributed by atoms with van der Waals surface area (Å²) in [7, 11) is 1.84. The van der Waals surface area contributed by atoms with Gasteiger partial charge in [-0.25, -0.2) is 0 Å². The lowest BCUT2D eigenvalue weighted by Crippen LogP contribution is -1.95. The Morgan fingerprint density at radius 2 is 1.83 bits per heavy atom. The molecular weight excluding hydrogens is 322 g/mol. The standard InChI is InChI=1S/C19H16ClN3O/c1-21-16-8-4-14(5-9-16)19(24)11-10-17-12-18(23-22-17)13-2-6-15(20)7-3-13/h2-12,21H,1H3,(H,22,23)/b11-10+. The molecule has 0 saturated heterocycles. The van der Waals surface area contributed by atoms with Crippen LogP contribution in [0.25, 0.3) is 17.3 Å². The largest absolute Gasteiger partial charge is 0.388 e. The third kappa shape index (κ3) is 3.73. The van der Waals surface area contributed by atoms with Crippen LogP contribution in [0.3, 0.4) is 0 Å². The molecule has 2 aromatic carbocycles. The average molecular weight is 338 g/mol. The van der Waals surface area contributed by atoms with Gasteiger partial charge in [0, 0.05) is 28.9 Å². The van der Waals surface area contributed by atoms with E-state index in [1.807, 2.05) is 49.5 Å². The lowest BCUT2D eigenvalue weighted by molar-refractivity contribution is 0.104. The third-order valence-electron chi connectivity index (χ3n) is 3.61. The maximum absolute atomic E-state index is 12.2. The first-order valence-electron chi connectivity index (χ1n) is 7.47. The molecule has 0 radical (unpaired) electrons. The van der Waals surface area contributed by atoms with Crippen LogP contribution >= 0.6 is 11.6 Å². The second kappa shape index (κ2) is 7.15. The van der Waals surface area contributed by atoms with Gasteiger partial charge in [-0.3, -0.25) is 9.89 Å². The van der Waals surface area contributed by atoms with Gasteiger partial charge in [-0.2, -0.15) is 5.10 Å². The number of hydrogen-bond donors (Lipinski definition) is 2. The molecule has 0 amide bonds. The summed E-state index contributed by atoms with van der Waals surface area (Å²) in [6.07, 6.45) is 3.26. The van der Waals surface area contributed by atoms with Crippen molar-refractivity contribution in [2.24, 2.45) is 0 Å². The Morgan fingerprint density at radius 3 is 2.50 bits per heavy atom. The molecule has 0 fully saturated rings. The summed E-state index contributed by atoms with van der Waals surface area (Å²) in [5.41, 5.74) is 4.14. The van der Waals surface area contributed by atoms with Crippen molar-refractivity contribution in [3.8, 4) is 11.3 Å². The summed E-state index contributed by atoms with van der Waals surface area (Å²) < 4.78 is 0. The fourth-order valence-corrected chi connectivity index (χ4v) is 2.38. The molecule has 0 bridgehead atoms. The van der Waals surface area contributed by atoms with Gasteiger partial charge in [0.15, 0.2) is 5.78 Å². The van der Waals surface area contributed by atoms with E-state index in [2.05, 4.69) is 15.5 Å². The zero-order chi connectivity index (χ0) is 16.9. The van der Waals surface area contributed by atoms with Crippen molar-refractivity contribution in [3.63, 3.8) is 0 Å². The second-order valence-corrected chi connectivity index (χ2v) is 5.68. The number of anilines is 1. The maximum Gasteiger partial charge on any atom is 0.185 e. The molecular formula is C19H16ClN3O. The van der Waals surface area contributed by atoms with Gasteiger partial charge >= 0.3 is 0 Å². The van der Waals surface area contributed by atoms with E-state index in [0.29, 0.717) is 10.6 Å². The molecule has 5 heteroatoms. The number of rotatable bonds is 5. The zero-order valence-electron chi connectivity index (χ0n) is 13.1. The number of H-pyrrole nitrogens is 1. The Labute approximate surface area is 145 Å². The third-order valence-corrected chi connectivity index (χ3v) is 3.86. The number of hydrogen-bond acceptors (Lipinski definition) is 3. The molecule has 4 nitrogen and oxygen atoms in total. The highest BCUT2D eigenvalue weighted by Gasteiger charge is 2.04. The van der Waals surface area contributed by atoms with E-state index in [0.717, 1.165) is 22.6 Å². The molecule has 0 atom stereocenters. The molecule has 0 aliphatic carbocycles. The zero-order valence-corrected chi connectivity index (χ0v) is 13.8. The molecule has 2 N–H and O–H groups in total. The highest BCUT2D eigenvalue weighted by molar-refractivity contribution is 6.30. The molecule has 0 aliphatic rings. The Kier molecular flexibility index (Phi) is 4.77. The van der Waals surface area contributed by atoms with Gasteiger partial charge in [-0.05, 0) is 54.6 Å². The van der Waals surface area contributed by atoms with Crippen LogP contribution in [0, 0.1) is 0 Å². The van der Waals surface area contributed by atoms with Gasteiger partial charge in [-0.15, -0.1) is 0 Å². The highest BCUT2D eigenvalue weighted by atomic mass is 35.5. The van der Waals surface area contributed by atoms with E-state index in [9.17, 15) is 4.79 Å². The van der Waals surface area contributed by atoms with Crippen molar-refractivity contribution in [3.05, 3.63) is 77.0 Å². The van der Waals surface area contributed by atoms with Crippen molar-refractivity contribution in [1.29, 1.82) is 0 Å². The molecule has 0 spiro atoms. The van der Waals surface area contributed by atoms with Crippen molar-refractivity contribution in [2.45, 2.75) is 0 Å². The van der Waals surface area contributed by atoms with Gasteiger partial charge in [0.1, 0.15) is 0 Å². The highest BCUT2D eigenvalue weighted by Crippen LogP contribution is 2.20. The minimum absolute atomic E-state index is 0.0553. The van der Waals surface area contributed by atoms with E-state index in [1.54, 1.807) is 18.2 Å². The number of allylic oxidation sites excluding steroid dienone is 1. The number of nitrogens with zero attached hydrogens (tertiary/aromatic N) is 1. The predicted octanol–water partition coefficient (Wildman–Crippen LogP) is 4.67. The molecule has 0 aliphatic heterocycles. The molecule has 1 aromatic heterocycles. The molecule has 1 heterocycles. The summed E-state index contributed by atoms with van der Waals surface area (Å²) >= 11 is 5.89. The SMILES string of the molecule is CNc1ccc(C(=O)/C=C/c2cc(-c3ccc(Cl)cc3)n[nH]2)cc1. The summed E-state index contributed by atoms with van der Waals surface area (Å²) in [5.74, 6) is -0.0553. The van der Waals surface area contributed by atoms with Crippen LogP contribution in [0.2, 0.25) is 5.02 Å². The van der Waals surface area contributed by atoms with Crippen LogP contribution in [-0.4, -0.2) is 23.0 Å². The normalized spacial score (nSPS) is 10.9. The Hall–Kier alpha value is -2.85. The fourth-order valence-electron chi connectivity index (χ4n) is 2.25. The molecule has 24 heavy (non-hydrogen) atoms. The first-order valence-corrected chi connectivity index (χ1v) is 7.85. The second-order valence-electron chi connectivity index (χ2n) is 5.24. The molecule has 120 valence electrons. The number of aromatic amines is 1. The van der Waals surface area contributed by atoms with Crippen LogP contribution in [0.5, 0.6) is 0 Å². The lowest BCUT2D eigenvalue weighted by atomic mass is 10.1. The molecule has 3 aromatic rings. The van der Waals surface area contributed by atoms with Crippen molar-refractivity contribution >= 4 is 29.1 Å². The minimum atomic E-state index is -0.0553. The quantitative estimate of drug-likeness (QED) is 0.525. The van der Waals surface area contributed by atoms with Gasteiger partial charge < -0.3 is 5.32 Å². The smallest absolute Gasteiger partial charge is 0.185 e. The van der Waals surface area contributed by atoms with E-state index < -0.39 is 0 Å². The first kappa shape index (κ1) is 16.0. The van der Waals surface area contributed by atoms with E-state index >= 15 is 0 Å². The van der Waals surface area contributed by atoms with Crippen molar-refractivity contribution < 1.29 is 4.79 Å². The van der Waals surface area contributed by atoms with Crippen LogP contribution in [0.1, 0.15) is 16.1 Å². The van der Waals surface area contributed by atoms with E-state index in [1.165, 1.54) is 6.08 Å². The minimum Gasteiger partial charge on any atom is -0.388 e. The lowest BCUT2D eigenvalue weighted by Gasteiger charge is -2.00. The average Bonchev–Trinajstić information content (AvgIpc) is 3.09. The number of nitrogens with one attached hydrogen (secondary N) is 2. The number of carbonyl (C=O) groups excluding carboxylic acids is 1. The molecule has 3 rings (SSSR count). The number of halogens is 1. The first-order chi connectivity index (χ1) is 11.7. The van der Waals surface area contributed by atoms with Gasteiger partial charge in [0.25, 0.3) is 0 Å². The van der Waals surface area contributed by atoms with Crippen molar-refractivity contribution in [2.75, 3.05) is 12.4 Å². The molecule has 0 saturated carbocycles. The Bertz CT molecular complexity index is 864. The van der Waals surface area contributed by atoms with E-state index in [4.69, 9.17) is 11.6 Å².